The van der Waals surface area contributed by atoms with Gasteiger partial charge in [-0.25, -0.2) is 4.79 Å². The number of aryl methyl sites for hydroxylation is 1. The molecule has 0 aliphatic rings. The van der Waals surface area contributed by atoms with E-state index < -0.39 is 12.1 Å². The third-order valence-electron chi connectivity index (χ3n) is 4.86. The molecule has 3 aromatic carbocycles. The van der Waals surface area contributed by atoms with Crippen molar-refractivity contribution in [3.05, 3.63) is 92.8 Å². The molecule has 0 saturated heterocycles. The van der Waals surface area contributed by atoms with E-state index in [1.165, 1.54) is 24.5 Å². The van der Waals surface area contributed by atoms with Gasteiger partial charge in [0.05, 0.1) is 16.0 Å². The predicted molar refractivity (Wildman–Crippen MR) is 125 cm³/mol. The molecule has 32 heavy (non-hydrogen) atoms. The standard InChI is InChI=1S/C25H18Cl2O5/c1-14-3-5-16(6-4-14)20-13-30-23-12-18(8-9-19(23)24(20)28)32-25(29)15(2)31-22-10-7-17(26)11-21(22)27/h3-13,15H,1-2H3. The summed E-state index contributed by atoms with van der Waals surface area (Å²) < 4.78 is 16.6. The summed E-state index contributed by atoms with van der Waals surface area (Å²) >= 11 is 11.9. The molecule has 4 aromatic rings. The fourth-order valence-electron chi connectivity index (χ4n) is 3.11. The molecule has 7 heteroatoms. The fraction of sp³-hybridized carbons (Fsp3) is 0.120. The molecule has 162 valence electrons. The Labute approximate surface area is 194 Å². The normalized spacial score (nSPS) is 11.9. The van der Waals surface area contributed by atoms with Gasteiger partial charge in [-0.2, -0.15) is 0 Å². The lowest BCUT2D eigenvalue weighted by atomic mass is 10.0. The van der Waals surface area contributed by atoms with Gasteiger partial charge in [0.25, 0.3) is 0 Å². The third-order valence-corrected chi connectivity index (χ3v) is 5.39. The van der Waals surface area contributed by atoms with Crippen LogP contribution < -0.4 is 14.9 Å². The molecule has 5 nitrogen and oxygen atoms in total. The molecule has 1 atom stereocenters. The van der Waals surface area contributed by atoms with Crippen LogP contribution in [-0.2, 0) is 4.79 Å². The number of rotatable bonds is 5. The predicted octanol–water partition coefficient (Wildman–Crippen LogP) is 6.45. The van der Waals surface area contributed by atoms with Crippen LogP contribution in [-0.4, -0.2) is 12.1 Å². The number of carbonyl (C=O) groups excluding carboxylic acids is 1. The van der Waals surface area contributed by atoms with Gasteiger partial charge in [-0.1, -0.05) is 53.0 Å². The van der Waals surface area contributed by atoms with Crippen molar-refractivity contribution in [2.45, 2.75) is 20.0 Å². The minimum atomic E-state index is -0.930. The maximum Gasteiger partial charge on any atom is 0.352 e. The molecule has 1 aromatic heterocycles. The molecular formula is C25H18Cl2O5. The summed E-state index contributed by atoms with van der Waals surface area (Å²) in [6.45, 7) is 3.52. The highest BCUT2D eigenvalue weighted by Crippen LogP contribution is 2.29. The molecule has 4 rings (SSSR count). The molecule has 1 unspecified atom stereocenters. The minimum Gasteiger partial charge on any atom is -0.477 e. The van der Waals surface area contributed by atoms with Crippen molar-refractivity contribution in [2.75, 3.05) is 0 Å². The Kier molecular flexibility index (Phi) is 6.21. The van der Waals surface area contributed by atoms with Crippen molar-refractivity contribution in [3.63, 3.8) is 0 Å². The lowest BCUT2D eigenvalue weighted by Crippen LogP contribution is -2.28. The van der Waals surface area contributed by atoms with Gasteiger partial charge in [0.15, 0.2) is 11.5 Å². The molecule has 0 N–H and O–H groups in total. The van der Waals surface area contributed by atoms with E-state index in [-0.39, 0.29) is 16.2 Å². The smallest absolute Gasteiger partial charge is 0.352 e. The number of carbonyl (C=O) groups is 1. The minimum absolute atomic E-state index is 0.165. The van der Waals surface area contributed by atoms with Crippen molar-refractivity contribution >= 4 is 40.1 Å². The molecular weight excluding hydrogens is 451 g/mol. The lowest BCUT2D eigenvalue weighted by Gasteiger charge is -2.15. The summed E-state index contributed by atoms with van der Waals surface area (Å²) in [5, 5.41) is 1.13. The zero-order valence-corrected chi connectivity index (χ0v) is 18.7. The van der Waals surface area contributed by atoms with Crippen LogP contribution in [0.1, 0.15) is 12.5 Å². The van der Waals surface area contributed by atoms with Crippen molar-refractivity contribution in [1.82, 2.24) is 0 Å². The van der Waals surface area contributed by atoms with E-state index in [0.717, 1.165) is 11.1 Å². The van der Waals surface area contributed by atoms with Crippen LogP contribution >= 0.6 is 23.2 Å². The fourth-order valence-corrected chi connectivity index (χ4v) is 3.57. The van der Waals surface area contributed by atoms with Crippen LogP contribution in [0.2, 0.25) is 10.0 Å². The molecule has 0 aliphatic heterocycles. The van der Waals surface area contributed by atoms with Gasteiger partial charge in [0, 0.05) is 11.1 Å². The zero-order chi connectivity index (χ0) is 22.8. The van der Waals surface area contributed by atoms with E-state index >= 15 is 0 Å². The van der Waals surface area contributed by atoms with Crippen molar-refractivity contribution < 1.29 is 18.7 Å². The average Bonchev–Trinajstić information content (AvgIpc) is 2.76. The molecule has 0 aliphatic carbocycles. The second-order valence-corrected chi connectivity index (χ2v) is 8.10. The van der Waals surface area contributed by atoms with E-state index in [9.17, 15) is 9.59 Å². The SMILES string of the molecule is Cc1ccc(-c2coc3cc(OC(=O)C(C)Oc4ccc(Cl)cc4Cl)ccc3c2=O)cc1. The Hall–Kier alpha value is -3.28. The van der Waals surface area contributed by atoms with Crippen molar-refractivity contribution in [2.24, 2.45) is 0 Å². The molecule has 0 bridgehead atoms. The Morgan fingerprint density at radius 1 is 1.00 bits per heavy atom. The van der Waals surface area contributed by atoms with Crippen LogP contribution in [0.15, 0.2) is 76.1 Å². The first kappa shape index (κ1) is 21.9. The van der Waals surface area contributed by atoms with E-state index in [0.29, 0.717) is 27.3 Å². The maximum absolute atomic E-state index is 12.9. The first-order valence-electron chi connectivity index (χ1n) is 9.78. The summed E-state index contributed by atoms with van der Waals surface area (Å²) in [6, 6.07) is 16.9. The summed E-state index contributed by atoms with van der Waals surface area (Å²) in [4.78, 5) is 25.4. The number of fused-ring (bicyclic) bond motifs is 1. The number of ether oxygens (including phenoxy) is 2. The Bertz CT molecular complexity index is 1360. The molecule has 0 spiro atoms. The highest BCUT2D eigenvalue weighted by atomic mass is 35.5. The first-order chi connectivity index (χ1) is 15.3. The Balaban J connectivity index is 1.53. The van der Waals surface area contributed by atoms with Crippen LogP contribution in [0, 0.1) is 6.92 Å². The monoisotopic (exact) mass is 468 g/mol. The van der Waals surface area contributed by atoms with Gasteiger partial charge in [0.2, 0.25) is 0 Å². The van der Waals surface area contributed by atoms with E-state index in [2.05, 4.69) is 0 Å². The molecule has 0 fully saturated rings. The van der Waals surface area contributed by atoms with Gasteiger partial charge in [-0.15, -0.1) is 0 Å². The van der Waals surface area contributed by atoms with Gasteiger partial charge < -0.3 is 13.9 Å². The number of halogens is 2. The Morgan fingerprint density at radius 3 is 2.47 bits per heavy atom. The van der Waals surface area contributed by atoms with Crippen LogP contribution in [0.3, 0.4) is 0 Å². The molecule has 1 heterocycles. The van der Waals surface area contributed by atoms with Crippen LogP contribution in [0.4, 0.5) is 0 Å². The average molecular weight is 469 g/mol. The zero-order valence-electron chi connectivity index (χ0n) is 17.2. The van der Waals surface area contributed by atoms with E-state index in [4.69, 9.17) is 37.1 Å². The van der Waals surface area contributed by atoms with Crippen molar-refractivity contribution in [3.8, 4) is 22.6 Å². The van der Waals surface area contributed by atoms with Gasteiger partial charge in [0.1, 0.15) is 23.3 Å². The maximum atomic E-state index is 12.9. The van der Waals surface area contributed by atoms with Crippen molar-refractivity contribution in [1.29, 1.82) is 0 Å². The second kappa shape index (κ2) is 9.07. The quantitative estimate of drug-likeness (QED) is 0.248. The first-order valence-corrected chi connectivity index (χ1v) is 10.5. The van der Waals surface area contributed by atoms with Crippen LogP contribution in [0.25, 0.3) is 22.1 Å². The highest BCUT2D eigenvalue weighted by molar-refractivity contribution is 6.35. The topological polar surface area (TPSA) is 65.7 Å². The van der Waals surface area contributed by atoms with Gasteiger partial charge >= 0.3 is 5.97 Å². The molecule has 0 amide bonds. The lowest BCUT2D eigenvalue weighted by molar-refractivity contribution is -0.141. The summed E-state index contributed by atoms with van der Waals surface area (Å²) in [7, 11) is 0. The molecule has 0 saturated carbocycles. The van der Waals surface area contributed by atoms with E-state index in [1.807, 2.05) is 31.2 Å². The van der Waals surface area contributed by atoms with Gasteiger partial charge in [-0.05, 0) is 49.7 Å². The number of hydrogen-bond donors (Lipinski definition) is 0. The number of hydrogen-bond acceptors (Lipinski definition) is 5. The Morgan fingerprint density at radius 2 is 1.75 bits per heavy atom. The largest absolute Gasteiger partial charge is 0.477 e. The number of benzene rings is 3. The highest BCUT2D eigenvalue weighted by Gasteiger charge is 2.19. The third kappa shape index (κ3) is 4.64. The summed E-state index contributed by atoms with van der Waals surface area (Å²) in [5.74, 6) is -0.0889. The summed E-state index contributed by atoms with van der Waals surface area (Å²) in [5.41, 5.74) is 2.48. The van der Waals surface area contributed by atoms with Gasteiger partial charge in [-0.3, -0.25) is 4.79 Å². The summed E-state index contributed by atoms with van der Waals surface area (Å²) in [6.07, 6.45) is 0.482. The number of esters is 1. The molecule has 0 radical (unpaired) electrons. The van der Waals surface area contributed by atoms with Crippen LogP contribution in [0.5, 0.6) is 11.5 Å². The van der Waals surface area contributed by atoms with E-state index in [1.54, 1.807) is 25.1 Å². The second-order valence-electron chi connectivity index (χ2n) is 7.26.